The zero-order chi connectivity index (χ0) is 16.1. The molecule has 0 spiro atoms. The summed E-state index contributed by atoms with van der Waals surface area (Å²) >= 11 is 0. The van der Waals surface area contributed by atoms with E-state index >= 15 is 0 Å². The molecule has 0 radical (unpaired) electrons. The lowest BCUT2D eigenvalue weighted by molar-refractivity contribution is 0.627. The van der Waals surface area contributed by atoms with Crippen molar-refractivity contribution >= 4 is 16.7 Å². The first kappa shape index (κ1) is 13.6. The van der Waals surface area contributed by atoms with Crippen LogP contribution in [0.25, 0.3) is 22.4 Å². The summed E-state index contributed by atoms with van der Waals surface area (Å²) in [6.07, 6.45) is 1.65. The van der Waals surface area contributed by atoms with Crippen LogP contribution in [0.15, 0.2) is 41.3 Å². The molecule has 3 heterocycles. The maximum Gasteiger partial charge on any atom is 0.266 e. The Balaban J connectivity index is 2.09. The first-order valence-corrected chi connectivity index (χ1v) is 7.06. The summed E-state index contributed by atoms with van der Waals surface area (Å²) in [4.78, 5) is 21.4. The van der Waals surface area contributed by atoms with Gasteiger partial charge in [0.05, 0.1) is 16.6 Å². The number of aromatic nitrogens is 5. The van der Waals surface area contributed by atoms with Gasteiger partial charge in [0.1, 0.15) is 11.6 Å². The molecule has 0 amide bonds. The molecule has 7 heteroatoms. The maximum atomic E-state index is 13.1. The van der Waals surface area contributed by atoms with Crippen LogP contribution < -0.4 is 5.56 Å². The monoisotopic (exact) mass is 309 g/mol. The van der Waals surface area contributed by atoms with E-state index in [-0.39, 0.29) is 11.4 Å². The van der Waals surface area contributed by atoms with E-state index in [1.54, 1.807) is 42.8 Å². The summed E-state index contributed by atoms with van der Waals surface area (Å²) in [6.45, 7) is 3.54. The largest absolute Gasteiger partial charge is 0.284 e. The highest BCUT2D eigenvalue weighted by Gasteiger charge is 2.14. The Kier molecular flexibility index (Phi) is 2.77. The zero-order valence-corrected chi connectivity index (χ0v) is 12.5. The first-order valence-electron chi connectivity index (χ1n) is 7.06. The van der Waals surface area contributed by atoms with Gasteiger partial charge in [-0.1, -0.05) is 0 Å². The van der Waals surface area contributed by atoms with Crippen LogP contribution >= 0.6 is 0 Å². The fraction of sp³-hybridized carbons (Fsp3) is 0.125. The molecule has 0 fully saturated rings. The molecule has 1 aromatic carbocycles. The van der Waals surface area contributed by atoms with Crippen molar-refractivity contribution in [1.29, 1.82) is 0 Å². The fourth-order valence-electron chi connectivity index (χ4n) is 2.69. The van der Waals surface area contributed by atoms with Crippen molar-refractivity contribution in [2.24, 2.45) is 0 Å². The van der Waals surface area contributed by atoms with Crippen LogP contribution in [0.1, 0.15) is 11.5 Å². The van der Waals surface area contributed by atoms with Gasteiger partial charge in [-0.15, -0.1) is 5.10 Å². The van der Waals surface area contributed by atoms with E-state index < -0.39 is 0 Å². The Bertz CT molecular complexity index is 1110. The minimum absolute atomic E-state index is 0.228. The molecule has 0 aliphatic carbocycles. The van der Waals surface area contributed by atoms with Crippen LogP contribution in [0.4, 0.5) is 4.39 Å². The summed E-state index contributed by atoms with van der Waals surface area (Å²) in [5.41, 5.74) is 1.60. The zero-order valence-electron chi connectivity index (χ0n) is 12.5. The van der Waals surface area contributed by atoms with Gasteiger partial charge in [-0.25, -0.2) is 9.37 Å². The quantitative estimate of drug-likeness (QED) is 0.540. The van der Waals surface area contributed by atoms with Crippen molar-refractivity contribution in [3.8, 4) is 5.69 Å². The topological polar surface area (TPSA) is 65.1 Å². The van der Waals surface area contributed by atoms with Gasteiger partial charge in [0.15, 0.2) is 0 Å². The number of halogens is 1. The van der Waals surface area contributed by atoms with Crippen molar-refractivity contribution in [2.45, 2.75) is 13.8 Å². The van der Waals surface area contributed by atoms with E-state index in [9.17, 15) is 9.18 Å². The lowest BCUT2D eigenvalue weighted by atomic mass is 10.2. The molecular weight excluding hydrogens is 297 g/mol. The lowest BCUT2D eigenvalue weighted by Gasteiger charge is -2.09. The second-order valence-electron chi connectivity index (χ2n) is 5.30. The number of benzene rings is 1. The van der Waals surface area contributed by atoms with Crippen LogP contribution in [0.5, 0.6) is 0 Å². The second kappa shape index (κ2) is 4.70. The Morgan fingerprint density at radius 2 is 1.78 bits per heavy atom. The predicted molar refractivity (Wildman–Crippen MR) is 83.3 cm³/mol. The number of hydrogen-bond donors (Lipinski definition) is 0. The molecule has 4 aromatic rings. The van der Waals surface area contributed by atoms with Gasteiger partial charge in [-0.05, 0) is 44.2 Å². The van der Waals surface area contributed by atoms with E-state index in [4.69, 9.17) is 0 Å². The van der Waals surface area contributed by atoms with Crippen molar-refractivity contribution in [2.75, 3.05) is 0 Å². The third-order valence-electron chi connectivity index (χ3n) is 3.73. The lowest BCUT2D eigenvalue weighted by Crippen LogP contribution is -2.20. The molecule has 0 atom stereocenters. The van der Waals surface area contributed by atoms with E-state index in [0.29, 0.717) is 33.9 Å². The number of nitrogens with zero attached hydrogens (tertiary/aromatic N) is 5. The molecule has 0 saturated heterocycles. The number of hydrogen-bond acceptors (Lipinski definition) is 4. The molecule has 114 valence electrons. The standard InChI is InChI=1S/C16H12FN5O/c1-9-14-13(22-16(18-9)19-10(2)20-22)7-8-21(15(14)23)12-5-3-11(17)4-6-12/h3-8H,1-2H3. The molecular formula is C16H12FN5O. The summed E-state index contributed by atoms with van der Waals surface area (Å²) in [5.74, 6) is 0.707. The molecule has 0 N–H and O–H groups in total. The maximum absolute atomic E-state index is 13.1. The van der Waals surface area contributed by atoms with Gasteiger partial charge in [0, 0.05) is 11.9 Å². The molecule has 6 nitrogen and oxygen atoms in total. The average Bonchev–Trinajstić information content (AvgIpc) is 2.89. The number of rotatable bonds is 1. The van der Waals surface area contributed by atoms with E-state index in [1.165, 1.54) is 16.7 Å². The first-order chi connectivity index (χ1) is 11.0. The summed E-state index contributed by atoms with van der Waals surface area (Å²) < 4.78 is 16.1. The smallest absolute Gasteiger partial charge is 0.266 e. The third kappa shape index (κ3) is 2.01. The number of pyridine rings is 1. The van der Waals surface area contributed by atoms with Gasteiger partial charge in [0.25, 0.3) is 11.3 Å². The van der Waals surface area contributed by atoms with Crippen LogP contribution in [-0.4, -0.2) is 24.1 Å². The average molecular weight is 309 g/mol. The van der Waals surface area contributed by atoms with Crippen molar-refractivity contribution in [3.63, 3.8) is 0 Å². The minimum Gasteiger partial charge on any atom is -0.284 e. The summed E-state index contributed by atoms with van der Waals surface area (Å²) in [5, 5.41) is 4.75. The molecule has 4 rings (SSSR count). The van der Waals surface area contributed by atoms with E-state index in [0.717, 1.165) is 0 Å². The SMILES string of the molecule is Cc1nc2nc(C)c3c(=O)n(-c4ccc(F)cc4)ccc3n2n1. The number of aryl methyl sites for hydroxylation is 2. The van der Waals surface area contributed by atoms with Crippen LogP contribution in [0, 0.1) is 19.7 Å². The van der Waals surface area contributed by atoms with Crippen molar-refractivity contribution in [3.05, 3.63) is 64.2 Å². The van der Waals surface area contributed by atoms with Crippen LogP contribution in [0.3, 0.4) is 0 Å². The second-order valence-corrected chi connectivity index (χ2v) is 5.30. The predicted octanol–water partition coefficient (Wildman–Crippen LogP) is 2.18. The molecule has 0 bridgehead atoms. The molecule has 23 heavy (non-hydrogen) atoms. The highest BCUT2D eigenvalue weighted by Crippen LogP contribution is 2.16. The molecule has 0 aliphatic heterocycles. The Morgan fingerprint density at radius 1 is 1.04 bits per heavy atom. The van der Waals surface area contributed by atoms with Gasteiger partial charge < -0.3 is 0 Å². The summed E-state index contributed by atoms with van der Waals surface area (Å²) in [7, 11) is 0. The molecule has 0 saturated carbocycles. The van der Waals surface area contributed by atoms with Crippen LogP contribution in [-0.2, 0) is 0 Å². The Labute approximate surface area is 129 Å². The number of fused-ring (bicyclic) bond motifs is 3. The Morgan fingerprint density at radius 3 is 2.52 bits per heavy atom. The molecule has 0 aliphatic rings. The Hall–Kier alpha value is -3.09. The summed E-state index contributed by atoms with van der Waals surface area (Å²) in [6, 6.07) is 7.55. The van der Waals surface area contributed by atoms with Gasteiger partial charge in [-0.3, -0.25) is 9.36 Å². The highest BCUT2D eigenvalue weighted by molar-refractivity contribution is 5.82. The molecule has 3 aromatic heterocycles. The van der Waals surface area contributed by atoms with E-state index in [2.05, 4.69) is 15.1 Å². The van der Waals surface area contributed by atoms with Crippen molar-refractivity contribution in [1.82, 2.24) is 24.1 Å². The normalized spacial score (nSPS) is 11.4. The van der Waals surface area contributed by atoms with Gasteiger partial charge in [0.2, 0.25) is 0 Å². The highest BCUT2D eigenvalue weighted by atomic mass is 19.1. The van der Waals surface area contributed by atoms with Gasteiger partial charge in [-0.2, -0.15) is 9.50 Å². The third-order valence-corrected chi connectivity index (χ3v) is 3.73. The molecule has 0 unspecified atom stereocenters. The fourth-order valence-corrected chi connectivity index (χ4v) is 2.69. The van der Waals surface area contributed by atoms with Crippen molar-refractivity contribution < 1.29 is 4.39 Å². The van der Waals surface area contributed by atoms with Gasteiger partial charge >= 0.3 is 0 Å². The van der Waals surface area contributed by atoms with E-state index in [1.807, 2.05) is 0 Å². The minimum atomic E-state index is -0.347. The van der Waals surface area contributed by atoms with Crippen LogP contribution in [0.2, 0.25) is 0 Å².